The minimum absolute atomic E-state index is 0.216. The highest BCUT2D eigenvalue weighted by atomic mass is 32.1. The Morgan fingerprint density at radius 2 is 2.18 bits per heavy atom. The van der Waals surface area contributed by atoms with E-state index in [1.165, 1.54) is 20.3 Å². The maximum Gasteiger partial charge on any atom is 0.513 e. The fourth-order valence-corrected chi connectivity index (χ4v) is 1.54. The quantitative estimate of drug-likeness (QED) is 0.505. The second-order valence-electron chi connectivity index (χ2n) is 3.07. The molecule has 0 aliphatic rings. The first kappa shape index (κ1) is 11.5. The molecule has 0 aliphatic carbocycles. The Morgan fingerprint density at radius 3 is 2.82 bits per heavy atom. The summed E-state index contributed by atoms with van der Waals surface area (Å²) in [5, 5.41) is 0. The number of ether oxygens (including phenoxy) is 3. The van der Waals surface area contributed by atoms with Crippen LogP contribution in [-0.4, -0.2) is 25.4 Å². The lowest BCUT2D eigenvalue weighted by Crippen LogP contribution is -2.07. The van der Waals surface area contributed by atoms with Gasteiger partial charge in [-0.15, -0.1) is 0 Å². The summed E-state index contributed by atoms with van der Waals surface area (Å²) in [6.45, 7) is 0. The second kappa shape index (κ2) is 4.46. The lowest BCUT2D eigenvalue weighted by Gasteiger charge is -2.05. The fraction of sp³-hybridized carbons (Fsp3) is 0.200. The van der Waals surface area contributed by atoms with E-state index in [9.17, 15) is 4.79 Å². The molecule has 6 nitrogen and oxygen atoms in total. The molecule has 0 aliphatic heterocycles. The van der Waals surface area contributed by atoms with Gasteiger partial charge in [-0.1, -0.05) is 0 Å². The lowest BCUT2D eigenvalue weighted by molar-refractivity contribution is 0.121. The van der Waals surface area contributed by atoms with Crippen molar-refractivity contribution in [2.75, 3.05) is 14.2 Å². The van der Waals surface area contributed by atoms with Gasteiger partial charge in [0.25, 0.3) is 4.84 Å². The normalized spacial score (nSPS) is 10.2. The average Bonchev–Trinajstić information content (AvgIpc) is 2.68. The van der Waals surface area contributed by atoms with Crippen LogP contribution in [-0.2, 0) is 4.74 Å². The number of H-pyrrole nitrogens is 1. The molecule has 0 radical (unpaired) electrons. The van der Waals surface area contributed by atoms with E-state index in [0.29, 0.717) is 16.8 Å². The Hall–Kier alpha value is -2.02. The minimum atomic E-state index is -0.812. The fourth-order valence-electron chi connectivity index (χ4n) is 1.35. The number of nitrogens with one attached hydrogen (secondary N) is 1. The molecule has 17 heavy (non-hydrogen) atoms. The average molecular weight is 255 g/mol. The zero-order chi connectivity index (χ0) is 12.4. The molecule has 2 aromatic rings. The van der Waals surface area contributed by atoms with E-state index in [1.54, 1.807) is 6.07 Å². The molecule has 0 fully saturated rings. The molecule has 1 aromatic heterocycles. The summed E-state index contributed by atoms with van der Waals surface area (Å²) in [5.41, 5.74) is 1.04. The summed E-state index contributed by atoms with van der Waals surface area (Å²) in [5.74, 6) is 0.682. The summed E-state index contributed by atoms with van der Waals surface area (Å²) in [7, 11) is 2.70. The first-order chi connectivity index (χ1) is 8.13. The number of aromatic nitrogens is 1. The van der Waals surface area contributed by atoms with Gasteiger partial charge in [-0.05, 0) is 12.2 Å². The van der Waals surface area contributed by atoms with Crippen LogP contribution in [0.1, 0.15) is 0 Å². The van der Waals surface area contributed by atoms with Crippen LogP contribution in [0.2, 0.25) is 0 Å². The van der Waals surface area contributed by atoms with E-state index < -0.39 is 6.16 Å². The SMILES string of the molecule is COC(=O)Oc1cc(OC)c2oc(=S)[nH]c2c1. The van der Waals surface area contributed by atoms with Gasteiger partial charge in [-0.3, -0.25) is 0 Å². The Labute approximate surface area is 101 Å². The van der Waals surface area contributed by atoms with Gasteiger partial charge >= 0.3 is 6.16 Å². The van der Waals surface area contributed by atoms with E-state index in [2.05, 4.69) is 9.72 Å². The molecular formula is C10H9NO5S. The maximum absolute atomic E-state index is 11.0. The standard InChI is InChI=1S/C10H9NO5S/c1-13-7-4-5(15-10(12)14-2)3-6-8(7)16-9(17)11-6/h3-4H,1-2H3,(H,11,17). The van der Waals surface area contributed by atoms with E-state index in [-0.39, 0.29) is 10.6 Å². The third-order valence-corrected chi connectivity index (χ3v) is 2.23. The van der Waals surface area contributed by atoms with Gasteiger partial charge in [0.15, 0.2) is 11.3 Å². The van der Waals surface area contributed by atoms with E-state index in [1.807, 2.05) is 0 Å². The molecular weight excluding hydrogens is 246 g/mol. The van der Waals surface area contributed by atoms with Crippen LogP contribution in [0.5, 0.6) is 11.5 Å². The maximum atomic E-state index is 11.0. The number of benzene rings is 1. The van der Waals surface area contributed by atoms with Crippen LogP contribution in [0, 0.1) is 4.84 Å². The molecule has 7 heteroatoms. The van der Waals surface area contributed by atoms with Crippen LogP contribution in [0.3, 0.4) is 0 Å². The molecule has 0 atom stereocenters. The summed E-state index contributed by atoms with van der Waals surface area (Å²) in [6, 6.07) is 3.07. The minimum Gasteiger partial charge on any atom is -0.493 e. The topological polar surface area (TPSA) is 73.7 Å². The molecule has 2 rings (SSSR count). The number of oxazole rings is 1. The van der Waals surface area contributed by atoms with Crippen molar-refractivity contribution < 1.29 is 23.4 Å². The highest BCUT2D eigenvalue weighted by Gasteiger charge is 2.12. The molecule has 0 bridgehead atoms. The number of hydrogen-bond acceptors (Lipinski definition) is 6. The van der Waals surface area contributed by atoms with Gasteiger partial charge in [0, 0.05) is 12.1 Å². The van der Waals surface area contributed by atoms with Crippen molar-refractivity contribution >= 4 is 29.5 Å². The molecule has 90 valence electrons. The smallest absolute Gasteiger partial charge is 0.493 e. The number of carbonyl (C=O) groups excluding carboxylic acids is 1. The van der Waals surface area contributed by atoms with Crippen molar-refractivity contribution in [1.82, 2.24) is 4.98 Å². The third-order valence-electron chi connectivity index (χ3n) is 2.05. The number of hydrogen-bond donors (Lipinski definition) is 1. The Bertz CT molecular complexity index is 615. The molecule has 0 saturated heterocycles. The monoisotopic (exact) mass is 255 g/mol. The first-order valence-electron chi connectivity index (χ1n) is 4.60. The van der Waals surface area contributed by atoms with Crippen molar-refractivity contribution in [1.29, 1.82) is 0 Å². The molecule has 0 amide bonds. The Morgan fingerprint density at radius 1 is 1.41 bits per heavy atom. The highest BCUT2D eigenvalue weighted by molar-refractivity contribution is 7.71. The van der Waals surface area contributed by atoms with Crippen LogP contribution in [0.15, 0.2) is 16.5 Å². The molecule has 0 unspecified atom stereocenters. The van der Waals surface area contributed by atoms with Crippen molar-refractivity contribution in [3.8, 4) is 11.5 Å². The summed E-state index contributed by atoms with van der Waals surface area (Å²) < 4.78 is 19.6. The number of methoxy groups -OCH3 is 2. The van der Waals surface area contributed by atoms with E-state index >= 15 is 0 Å². The van der Waals surface area contributed by atoms with E-state index in [4.69, 9.17) is 26.1 Å². The molecule has 1 N–H and O–H groups in total. The third kappa shape index (κ3) is 2.23. The molecule has 0 saturated carbocycles. The van der Waals surface area contributed by atoms with Crippen LogP contribution < -0.4 is 9.47 Å². The van der Waals surface area contributed by atoms with Gasteiger partial charge in [-0.2, -0.15) is 0 Å². The first-order valence-corrected chi connectivity index (χ1v) is 5.01. The number of aromatic amines is 1. The van der Waals surface area contributed by atoms with Gasteiger partial charge < -0.3 is 23.6 Å². The zero-order valence-corrected chi connectivity index (χ0v) is 9.92. The Kier molecular flexibility index (Phi) is 3.01. The second-order valence-corrected chi connectivity index (χ2v) is 3.44. The molecule has 0 spiro atoms. The number of fused-ring (bicyclic) bond motifs is 1. The van der Waals surface area contributed by atoms with Crippen molar-refractivity contribution in [2.45, 2.75) is 0 Å². The lowest BCUT2D eigenvalue weighted by atomic mass is 10.3. The van der Waals surface area contributed by atoms with Crippen molar-refractivity contribution in [3.05, 3.63) is 17.0 Å². The summed E-state index contributed by atoms with van der Waals surface area (Å²) in [4.78, 5) is 14.0. The van der Waals surface area contributed by atoms with Crippen molar-refractivity contribution in [3.63, 3.8) is 0 Å². The predicted octanol–water partition coefficient (Wildman–Crippen LogP) is 2.64. The van der Waals surface area contributed by atoms with Gasteiger partial charge in [-0.25, -0.2) is 4.79 Å². The van der Waals surface area contributed by atoms with Gasteiger partial charge in [0.05, 0.1) is 19.7 Å². The Balaban J connectivity index is 2.51. The largest absolute Gasteiger partial charge is 0.513 e. The zero-order valence-electron chi connectivity index (χ0n) is 9.10. The van der Waals surface area contributed by atoms with Crippen LogP contribution in [0.25, 0.3) is 11.1 Å². The van der Waals surface area contributed by atoms with Crippen LogP contribution in [0.4, 0.5) is 4.79 Å². The number of carbonyl (C=O) groups is 1. The molecule has 1 heterocycles. The predicted molar refractivity (Wildman–Crippen MR) is 61.0 cm³/mol. The summed E-state index contributed by atoms with van der Waals surface area (Å²) in [6.07, 6.45) is -0.812. The van der Waals surface area contributed by atoms with Crippen LogP contribution >= 0.6 is 12.2 Å². The van der Waals surface area contributed by atoms with Crippen molar-refractivity contribution in [2.24, 2.45) is 0 Å². The highest BCUT2D eigenvalue weighted by Crippen LogP contribution is 2.30. The van der Waals surface area contributed by atoms with Gasteiger partial charge in [0.1, 0.15) is 5.75 Å². The van der Waals surface area contributed by atoms with Gasteiger partial charge in [0.2, 0.25) is 0 Å². The molecule has 1 aromatic carbocycles. The summed E-state index contributed by atoms with van der Waals surface area (Å²) >= 11 is 4.86. The number of rotatable bonds is 2. The van der Waals surface area contributed by atoms with E-state index in [0.717, 1.165) is 0 Å².